The second-order valence-corrected chi connectivity index (χ2v) is 4.05. The third kappa shape index (κ3) is 3.39. The van der Waals surface area contributed by atoms with E-state index in [1.165, 1.54) is 0 Å². The van der Waals surface area contributed by atoms with Crippen LogP contribution in [-0.2, 0) is 4.79 Å². The molecule has 0 aromatic carbocycles. The minimum absolute atomic E-state index is 0.0427. The van der Waals surface area contributed by atoms with Crippen molar-refractivity contribution < 1.29 is 9.59 Å². The normalized spacial score (nSPS) is 16.0. The molecule has 0 aliphatic carbocycles. The van der Waals surface area contributed by atoms with E-state index in [4.69, 9.17) is 5.73 Å². The highest BCUT2D eigenvalue weighted by Gasteiger charge is 2.30. The average molecular weight is 214 g/mol. The van der Waals surface area contributed by atoms with E-state index in [1.54, 1.807) is 23.9 Å². The Morgan fingerprint density at radius 1 is 1.47 bits per heavy atom. The molecule has 0 bridgehead atoms. The lowest BCUT2D eigenvalue weighted by atomic mass is 10.0. The molecule has 86 valence electrons. The second-order valence-electron chi connectivity index (χ2n) is 4.05. The summed E-state index contributed by atoms with van der Waals surface area (Å²) in [5.74, 6) is 0.0868. The number of hydrogen-bond acceptors (Lipinski definition) is 3. The van der Waals surface area contributed by atoms with E-state index in [2.05, 4.69) is 5.32 Å². The summed E-state index contributed by atoms with van der Waals surface area (Å²) in [6.07, 6.45) is 0. The Bertz CT molecular complexity index is 248. The van der Waals surface area contributed by atoms with E-state index >= 15 is 0 Å². The third-order valence-corrected chi connectivity index (χ3v) is 2.34. The van der Waals surface area contributed by atoms with Crippen LogP contribution in [0.25, 0.3) is 0 Å². The fourth-order valence-electron chi connectivity index (χ4n) is 1.54. The number of rotatable bonds is 4. The first-order valence-corrected chi connectivity index (χ1v) is 4.96. The Labute approximate surface area is 89.4 Å². The number of nitrogens with two attached hydrogens (primary N) is 1. The summed E-state index contributed by atoms with van der Waals surface area (Å²) in [7, 11) is 3.47. The van der Waals surface area contributed by atoms with Gasteiger partial charge in [-0.1, -0.05) is 0 Å². The SMILES string of the molecule is CN(C)C(=O)N1CC(CNCC(N)=O)C1. The minimum Gasteiger partial charge on any atom is -0.369 e. The van der Waals surface area contributed by atoms with Gasteiger partial charge < -0.3 is 20.9 Å². The Hall–Kier alpha value is -1.30. The van der Waals surface area contributed by atoms with Gasteiger partial charge in [-0.15, -0.1) is 0 Å². The minimum atomic E-state index is -0.351. The lowest BCUT2D eigenvalue weighted by Gasteiger charge is -2.40. The van der Waals surface area contributed by atoms with Crippen molar-refractivity contribution in [3.05, 3.63) is 0 Å². The van der Waals surface area contributed by atoms with Crippen molar-refractivity contribution in [1.29, 1.82) is 0 Å². The molecule has 1 aliphatic heterocycles. The van der Waals surface area contributed by atoms with Crippen LogP contribution in [-0.4, -0.2) is 62.0 Å². The van der Waals surface area contributed by atoms with Crippen LogP contribution in [0.2, 0.25) is 0 Å². The van der Waals surface area contributed by atoms with Gasteiger partial charge in [0.2, 0.25) is 5.91 Å². The van der Waals surface area contributed by atoms with E-state index in [9.17, 15) is 9.59 Å². The fourth-order valence-corrected chi connectivity index (χ4v) is 1.54. The summed E-state index contributed by atoms with van der Waals surface area (Å²) in [6.45, 7) is 2.45. The molecule has 0 atom stereocenters. The largest absolute Gasteiger partial charge is 0.369 e. The lowest BCUT2D eigenvalue weighted by molar-refractivity contribution is -0.117. The summed E-state index contributed by atoms with van der Waals surface area (Å²) >= 11 is 0. The zero-order valence-electron chi connectivity index (χ0n) is 9.19. The number of likely N-dealkylation sites (tertiary alicyclic amines) is 1. The molecular weight excluding hydrogens is 196 g/mol. The zero-order chi connectivity index (χ0) is 11.4. The molecule has 0 spiro atoms. The first kappa shape index (κ1) is 11.8. The lowest BCUT2D eigenvalue weighted by Crippen LogP contribution is -2.56. The molecule has 0 aromatic heterocycles. The fraction of sp³-hybridized carbons (Fsp3) is 0.778. The molecule has 0 saturated carbocycles. The molecule has 1 heterocycles. The molecule has 1 fully saturated rings. The van der Waals surface area contributed by atoms with E-state index in [0.717, 1.165) is 19.6 Å². The van der Waals surface area contributed by atoms with Crippen LogP contribution in [0, 0.1) is 5.92 Å². The maximum absolute atomic E-state index is 11.4. The summed E-state index contributed by atoms with van der Waals surface area (Å²) in [4.78, 5) is 25.2. The van der Waals surface area contributed by atoms with Gasteiger partial charge in [0.25, 0.3) is 0 Å². The van der Waals surface area contributed by atoms with Crippen molar-refractivity contribution in [3.63, 3.8) is 0 Å². The maximum atomic E-state index is 11.4. The number of primary amides is 1. The van der Waals surface area contributed by atoms with Crippen LogP contribution in [0.5, 0.6) is 0 Å². The first-order valence-electron chi connectivity index (χ1n) is 4.96. The van der Waals surface area contributed by atoms with Gasteiger partial charge in [0.05, 0.1) is 6.54 Å². The second kappa shape index (κ2) is 4.97. The van der Waals surface area contributed by atoms with Gasteiger partial charge in [-0.3, -0.25) is 4.79 Å². The van der Waals surface area contributed by atoms with Crippen LogP contribution in [0.15, 0.2) is 0 Å². The van der Waals surface area contributed by atoms with Gasteiger partial charge in [-0.05, 0) is 0 Å². The van der Waals surface area contributed by atoms with Gasteiger partial charge in [0.1, 0.15) is 0 Å². The number of carbonyl (C=O) groups excluding carboxylic acids is 2. The monoisotopic (exact) mass is 214 g/mol. The predicted molar refractivity (Wildman–Crippen MR) is 56.2 cm³/mol. The highest BCUT2D eigenvalue weighted by Crippen LogP contribution is 2.15. The Morgan fingerprint density at radius 3 is 2.53 bits per heavy atom. The summed E-state index contributed by atoms with van der Waals surface area (Å²) in [5.41, 5.74) is 4.98. The van der Waals surface area contributed by atoms with Crippen LogP contribution in [0.4, 0.5) is 4.79 Å². The Morgan fingerprint density at radius 2 is 2.07 bits per heavy atom. The molecule has 0 unspecified atom stereocenters. The van der Waals surface area contributed by atoms with E-state index < -0.39 is 0 Å². The van der Waals surface area contributed by atoms with Crippen LogP contribution < -0.4 is 11.1 Å². The number of hydrogen-bond donors (Lipinski definition) is 2. The molecular formula is C9H18N4O2. The smallest absolute Gasteiger partial charge is 0.319 e. The Kier molecular flexibility index (Phi) is 3.90. The number of urea groups is 1. The van der Waals surface area contributed by atoms with Crippen molar-refractivity contribution in [3.8, 4) is 0 Å². The molecule has 0 radical (unpaired) electrons. The molecule has 6 heteroatoms. The van der Waals surface area contributed by atoms with Gasteiger partial charge in [0.15, 0.2) is 0 Å². The van der Waals surface area contributed by atoms with Crippen molar-refractivity contribution in [2.45, 2.75) is 0 Å². The molecule has 0 aromatic rings. The van der Waals surface area contributed by atoms with Crippen molar-refractivity contribution in [2.24, 2.45) is 11.7 Å². The van der Waals surface area contributed by atoms with Crippen LogP contribution >= 0.6 is 0 Å². The molecule has 3 N–H and O–H groups in total. The summed E-state index contributed by atoms with van der Waals surface area (Å²) in [6, 6.07) is 0.0427. The number of carbonyl (C=O) groups is 2. The van der Waals surface area contributed by atoms with Crippen LogP contribution in [0.3, 0.4) is 0 Å². The number of nitrogens with zero attached hydrogens (tertiary/aromatic N) is 2. The third-order valence-electron chi connectivity index (χ3n) is 2.34. The van der Waals surface area contributed by atoms with Gasteiger partial charge >= 0.3 is 6.03 Å². The molecule has 6 nitrogen and oxygen atoms in total. The van der Waals surface area contributed by atoms with Crippen molar-refractivity contribution >= 4 is 11.9 Å². The van der Waals surface area contributed by atoms with E-state index in [0.29, 0.717) is 5.92 Å². The van der Waals surface area contributed by atoms with Gasteiger partial charge in [0, 0.05) is 39.6 Å². The molecule has 1 saturated heterocycles. The summed E-state index contributed by atoms with van der Waals surface area (Å²) in [5, 5.41) is 2.95. The maximum Gasteiger partial charge on any atom is 0.319 e. The van der Waals surface area contributed by atoms with Gasteiger partial charge in [-0.2, -0.15) is 0 Å². The molecule has 1 rings (SSSR count). The van der Waals surface area contributed by atoms with Crippen molar-refractivity contribution in [2.75, 3.05) is 40.3 Å². The molecule has 3 amide bonds. The average Bonchev–Trinajstić information content (AvgIpc) is 2.07. The first-order chi connectivity index (χ1) is 7.00. The zero-order valence-corrected chi connectivity index (χ0v) is 9.19. The number of amides is 3. The number of nitrogens with one attached hydrogen (secondary N) is 1. The van der Waals surface area contributed by atoms with E-state index in [1.807, 2.05) is 0 Å². The van der Waals surface area contributed by atoms with Crippen molar-refractivity contribution in [1.82, 2.24) is 15.1 Å². The summed E-state index contributed by atoms with van der Waals surface area (Å²) < 4.78 is 0. The predicted octanol–water partition coefficient (Wildman–Crippen LogP) is -1.33. The molecule has 1 aliphatic rings. The topological polar surface area (TPSA) is 78.7 Å². The highest BCUT2D eigenvalue weighted by molar-refractivity contribution is 5.76. The highest BCUT2D eigenvalue weighted by atomic mass is 16.2. The van der Waals surface area contributed by atoms with Crippen LogP contribution in [0.1, 0.15) is 0 Å². The standard InChI is InChI=1S/C9H18N4O2/c1-12(2)9(15)13-5-7(6-13)3-11-4-8(10)14/h7,11H,3-6H2,1-2H3,(H2,10,14). The van der Waals surface area contributed by atoms with Gasteiger partial charge in [-0.25, -0.2) is 4.79 Å². The Balaban J connectivity index is 2.10. The molecule has 15 heavy (non-hydrogen) atoms. The van der Waals surface area contributed by atoms with E-state index in [-0.39, 0.29) is 18.5 Å². The quantitative estimate of drug-likeness (QED) is 0.609.